The minimum absolute atomic E-state index is 0.283. The highest BCUT2D eigenvalue weighted by atomic mass is 16.1. The molecule has 1 aliphatic rings. The summed E-state index contributed by atoms with van der Waals surface area (Å²) in [4.78, 5) is 21.4. The molecule has 2 aromatic heterocycles. The monoisotopic (exact) mass is 384 g/mol. The number of benzene rings is 2. The van der Waals surface area contributed by atoms with E-state index in [1.54, 1.807) is 0 Å². The summed E-state index contributed by atoms with van der Waals surface area (Å²) >= 11 is 0. The van der Waals surface area contributed by atoms with Gasteiger partial charge in [0.2, 0.25) is 0 Å². The van der Waals surface area contributed by atoms with Crippen LogP contribution in [0.25, 0.3) is 22.4 Å². The lowest BCUT2D eigenvalue weighted by atomic mass is 10.2. The van der Waals surface area contributed by atoms with Crippen molar-refractivity contribution in [3.8, 4) is 11.4 Å². The Kier molecular flexibility index (Phi) is 4.48. The Labute approximate surface area is 167 Å². The number of fused-ring (bicyclic) bond motifs is 2. The van der Waals surface area contributed by atoms with Gasteiger partial charge in [0, 0.05) is 24.2 Å². The van der Waals surface area contributed by atoms with E-state index in [-0.39, 0.29) is 11.6 Å². The predicted octanol–water partition coefficient (Wildman–Crippen LogP) is 3.87. The minimum atomic E-state index is -0.291. The third-order valence-electron chi connectivity index (χ3n) is 5.17. The Bertz CT molecular complexity index is 1200. The zero-order valence-corrected chi connectivity index (χ0v) is 15.9. The summed E-state index contributed by atoms with van der Waals surface area (Å²) in [6.45, 7) is 0.931. The van der Waals surface area contributed by atoms with E-state index in [4.69, 9.17) is 0 Å². The van der Waals surface area contributed by atoms with Crippen LogP contribution in [0.15, 0.2) is 54.7 Å². The molecule has 7 nitrogen and oxygen atoms in total. The van der Waals surface area contributed by atoms with Crippen molar-refractivity contribution in [2.75, 3.05) is 5.32 Å². The molecule has 0 saturated heterocycles. The first-order valence-corrected chi connectivity index (χ1v) is 9.83. The van der Waals surface area contributed by atoms with E-state index in [2.05, 4.69) is 30.0 Å². The molecule has 2 aromatic carbocycles. The molecule has 0 saturated carbocycles. The second-order valence-electron chi connectivity index (χ2n) is 7.18. The van der Waals surface area contributed by atoms with Crippen molar-refractivity contribution < 1.29 is 4.79 Å². The van der Waals surface area contributed by atoms with Gasteiger partial charge in [-0.3, -0.25) is 9.78 Å². The van der Waals surface area contributed by atoms with E-state index >= 15 is 0 Å². The van der Waals surface area contributed by atoms with E-state index in [0.717, 1.165) is 48.5 Å². The number of hydrogen-bond donors (Lipinski definition) is 1. The van der Waals surface area contributed by atoms with Crippen LogP contribution in [0, 0.1) is 0 Å². The van der Waals surface area contributed by atoms with E-state index in [1.165, 1.54) is 12.6 Å². The molecule has 0 bridgehead atoms. The molecule has 144 valence electrons. The molecule has 0 spiro atoms. The highest BCUT2D eigenvalue weighted by molar-refractivity contribution is 6.03. The molecule has 0 radical (unpaired) electrons. The first-order chi connectivity index (χ1) is 14.3. The summed E-state index contributed by atoms with van der Waals surface area (Å²) in [5.41, 5.74) is 3.37. The molecule has 5 rings (SSSR count). The topological polar surface area (TPSA) is 85.6 Å². The third-order valence-corrected chi connectivity index (χ3v) is 5.17. The van der Waals surface area contributed by atoms with Crippen molar-refractivity contribution in [3.05, 3.63) is 66.2 Å². The molecule has 7 heteroatoms. The van der Waals surface area contributed by atoms with Crippen molar-refractivity contribution in [2.45, 2.75) is 32.2 Å². The Morgan fingerprint density at radius 2 is 1.86 bits per heavy atom. The fourth-order valence-corrected chi connectivity index (χ4v) is 3.70. The van der Waals surface area contributed by atoms with Crippen LogP contribution in [-0.4, -0.2) is 30.6 Å². The van der Waals surface area contributed by atoms with Crippen molar-refractivity contribution in [1.29, 1.82) is 0 Å². The number of nitrogens with zero attached hydrogens (tertiary/aromatic N) is 5. The molecular weight excluding hydrogens is 364 g/mol. The predicted molar refractivity (Wildman–Crippen MR) is 111 cm³/mol. The summed E-state index contributed by atoms with van der Waals surface area (Å²) < 4.78 is 2.20. The van der Waals surface area contributed by atoms with Crippen molar-refractivity contribution >= 4 is 22.6 Å². The number of para-hydroxylation sites is 2. The number of rotatable bonds is 3. The number of hydrogen-bond acceptors (Lipinski definition) is 5. The number of aryl methyl sites for hydroxylation is 1. The molecule has 1 N–H and O–H groups in total. The van der Waals surface area contributed by atoms with E-state index in [1.807, 2.05) is 48.5 Å². The summed E-state index contributed by atoms with van der Waals surface area (Å²) in [5.74, 6) is 1.60. The Morgan fingerprint density at radius 1 is 0.966 bits per heavy atom. The molecular formula is C22H20N6O. The lowest BCUT2D eigenvalue weighted by Gasteiger charge is -2.09. The highest BCUT2D eigenvalue weighted by Gasteiger charge is 2.17. The van der Waals surface area contributed by atoms with Gasteiger partial charge >= 0.3 is 0 Å². The van der Waals surface area contributed by atoms with Gasteiger partial charge < -0.3 is 9.88 Å². The van der Waals surface area contributed by atoms with Gasteiger partial charge in [0.05, 0.1) is 17.2 Å². The first kappa shape index (κ1) is 17.5. The van der Waals surface area contributed by atoms with Gasteiger partial charge in [-0.1, -0.05) is 30.7 Å². The molecule has 29 heavy (non-hydrogen) atoms. The van der Waals surface area contributed by atoms with Gasteiger partial charge in [-0.2, -0.15) is 0 Å². The van der Waals surface area contributed by atoms with Crippen LogP contribution in [0.2, 0.25) is 0 Å². The fourth-order valence-electron chi connectivity index (χ4n) is 3.70. The molecule has 0 aliphatic carbocycles. The second kappa shape index (κ2) is 7.43. The highest BCUT2D eigenvalue weighted by Crippen LogP contribution is 2.25. The van der Waals surface area contributed by atoms with Crippen molar-refractivity contribution in [3.63, 3.8) is 0 Å². The smallest absolute Gasteiger partial charge is 0.275 e. The van der Waals surface area contributed by atoms with Gasteiger partial charge in [-0.15, -0.1) is 10.2 Å². The van der Waals surface area contributed by atoms with Crippen molar-refractivity contribution in [2.24, 2.45) is 0 Å². The van der Waals surface area contributed by atoms with Crippen LogP contribution in [-0.2, 0) is 13.0 Å². The number of carbonyl (C=O) groups excluding carboxylic acids is 1. The van der Waals surface area contributed by atoms with Crippen molar-refractivity contribution in [1.82, 2.24) is 24.7 Å². The SMILES string of the molecule is O=C(Nc1cccc(-c2nnc3n2CCCCC3)c1)c1cnc2ccccc2n1. The standard InChI is InChI=1S/C22H20N6O/c29-22(19-14-23-17-9-3-4-10-18(17)25-19)24-16-8-6-7-15(13-16)21-27-26-20-11-2-1-5-12-28(20)21/h3-4,6-10,13-14H,1-2,5,11-12H2,(H,24,29). The average Bonchev–Trinajstić information content (AvgIpc) is 3.02. The van der Waals surface area contributed by atoms with E-state index in [9.17, 15) is 4.79 Å². The third kappa shape index (κ3) is 3.47. The Hall–Kier alpha value is -3.61. The zero-order chi connectivity index (χ0) is 19.6. The van der Waals surface area contributed by atoms with Crippen LogP contribution in [0.5, 0.6) is 0 Å². The average molecular weight is 384 g/mol. The molecule has 1 aliphatic heterocycles. The van der Waals surface area contributed by atoms with E-state index in [0.29, 0.717) is 11.2 Å². The maximum atomic E-state index is 12.7. The Morgan fingerprint density at radius 3 is 2.79 bits per heavy atom. The summed E-state index contributed by atoms with van der Waals surface area (Å²) in [7, 11) is 0. The number of aromatic nitrogens is 5. The van der Waals surface area contributed by atoms with Gasteiger partial charge in [0.15, 0.2) is 5.82 Å². The number of anilines is 1. The molecule has 0 fully saturated rings. The molecule has 0 unspecified atom stereocenters. The normalized spacial score (nSPS) is 13.7. The van der Waals surface area contributed by atoms with Crippen LogP contribution in [0.4, 0.5) is 5.69 Å². The lowest BCUT2D eigenvalue weighted by molar-refractivity contribution is 0.102. The van der Waals surface area contributed by atoms with E-state index < -0.39 is 0 Å². The molecule has 3 heterocycles. The summed E-state index contributed by atoms with van der Waals surface area (Å²) in [6.07, 6.45) is 5.96. The fraction of sp³-hybridized carbons (Fsp3) is 0.227. The lowest BCUT2D eigenvalue weighted by Crippen LogP contribution is -2.14. The van der Waals surface area contributed by atoms with Crippen LogP contribution >= 0.6 is 0 Å². The quantitative estimate of drug-likeness (QED) is 0.580. The molecule has 1 amide bonds. The van der Waals surface area contributed by atoms with Gasteiger partial charge in [-0.25, -0.2) is 4.98 Å². The van der Waals surface area contributed by atoms with Crippen LogP contribution in [0.3, 0.4) is 0 Å². The summed E-state index contributed by atoms with van der Waals surface area (Å²) in [5, 5.41) is 11.7. The summed E-state index contributed by atoms with van der Waals surface area (Å²) in [6, 6.07) is 15.2. The number of carbonyl (C=O) groups is 1. The maximum absolute atomic E-state index is 12.7. The number of amides is 1. The maximum Gasteiger partial charge on any atom is 0.275 e. The van der Waals surface area contributed by atoms with Gasteiger partial charge in [-0.05, 0) is 37.1 Å². The zero-order valence-electron chi connectivity index (χ0n) is 15.9. The Balaban J connectivity index is 1.41. The molecule has 0 atom stereocenters. The molecule has 4 aromatic rings. The first-order valence-electron chi connectivity index (χ1n) is 9.83. The largest absolute Gasteiger partial charge is 0.321 e. The van der Waals surface area contributed by atoms with Gasteiger partial charge in [0.25, 0.3) is 5.91 Å². The van der Waals surface area contributed by atoms with Gasteiger partial charge in [0.1, 0.15) is 11.5 Å². The van der Waals surface area contributed by atoms with Crippen LogP contribution < -0.4 is 5.32 Å². The minimum Gasteiger partial charge on any atom is -0.321 e. The van der Waals surface area contributed by atoms with Crippen LogP contribution in [0.1, 0.15) is 35.6 Å². The second-order valence-corrected chi connectivity index (χ2v) is 7.18. The number of nitrogens with one attached hydrogen (secondary N) is 1.